The maximum absolute atomic E-state index is 9.08. The fraction of sp³-hybridized carbons (Fsp3) is 0. The first kappa shape index (κ1) is 22.7. The standard InChI is InChI=1S/CH2O3.H3N.Na.H2O5S.H/c2-1(3)4;;;1-5-6(2,3)4;/h(H2,2,3,4);1H3;;1H,(H,2,3,4);/q;;+1;;-1. The smallest absolute Gasteiger partial charge is 1.00 e. The van der Waals surface area contributed by atoms with Crippen LogP contribution < -0.4 is 35.7 Å². The Morgan fingerprint density at radius 2 is 1.42 bits per heavy atom. The third kappa shape index (κ3) is 88.2. The molecule has 12 heavy (non-hydrogen) atoms. The molecule has 72 valence electrons. The molecule has 0 unspecified atom stereocenters. The van der Waals surface area contributed by atoms with Crippen LogP contribution in [-0.4, -0.2) is 34.6 Å². The molecule has 11 heteroatoms. The van der Waals surface area contributed by atoms with Gasteiger partial charge in [0, 0.05) is 0 Å². The third-order valence-corrected chi connectivity index (χ3v) is 0.283. The molecule has 0 aromatic carbocycles. The fourth-order valence-electron chi connectivity index (χ4n) is 0. The molecule has 7 N–H and O–H groups in total. The topological polar surface area (TPSA) is 176 Å². The van der Waals surface area contributed by atoms with Gasteiger partial charge in [0.25, 0.3) is 0 Å². The summed E-state index contributed by atoms with van der Waals surface area (Å²) in [5.41, 5.74) is 0. The van der Waals surface area contributed by atoms with Crippen LogP contribution in [0.4, 0.5) is 4.79 Å². The van der Waals surface area contributed by atoms with Crippen LogP contribution in [0.15, 0.2) is 0 Å². The molecule has 0 aliphatic carbocycles. The van der Waals surface area contributed by atoms with Crippen molar-refractivity contribution in [3.63, 3.8) is 0 Å². The Hall–Kier alpha value is 0.0600. The normalized spacial score (nSPS) is 7.83. The van der Waals surface area contributed by atoms with Crippen LogP contribution in [0.1, 0.15) is 1.43 Å². The second-order valence-electron chi connectivity index (χ2n) is 0.785. The first-order valence-electron chi connectivity index (χ1n) is 1.52. The van der Waals surface area contributed by atoms with E-state index in [0.29, 0.717) is 0 Å². The summed E-state index contributed by atoms with van der Waals surface area (Å²) >= 11 is 0. The van der Waals surface area contributed by atoms with Gasteiger partial charge in [-0.15, -0.1) is 0 Å². The molecule has 0 aromatic rings. The van der Waals surface area contributed by atoms with Gasteiger partial charge in [0.15, 0.2) is 0 Å². The van der Waals surface area contributed by atoms with Crippen molar-refractivity contribution in [3.8, 4) is 0 Å². The van der Waals surface area contributed by atoms with Gasteiger partial charge in [0.05, 0.1) is 0 Å². The maximum atomic E-state index is 9.08. The van der Waals surface area contributed by atoms with Gasteiger partial charge >= 0.3 is 46.1 Å². The van der Waals surface area contributed by atoms with E-state index in [1.54, 1.807) is 0 Å². The molecule has 0 saturated heterocycles. The molecule has 0 rings (SSSR count). The van der Waals surface area contributed by atoms with Crippen molar-refractivity contribution in [3.05, 3.63) is 0 Å². The predicted molar refractivity (Wildman–Crippen MR) is 32.1 cm³/mol. The van der Waals surface area contributed by atoms with E-state index in [-0.39, 0.29) is 37.1 Å². The molecule has 0 fully saturated rings. The molecular weight excluding hydrogens is 209 g/mol. The third-order valence-electron chi connectivity index (χ3n) is 0.0942. The Morgan fingerprint density at radius 1 is 1.33 bits per heavy atom. The summed E-state index contributed by atoms with van der Waals surface area (Å²) < 4.78 is 28.0. The summed E-state index contributed by atoms with van der Waals surface area (Å²) in [5, 5.41) is 21.0. The molecule has 0 heterocycles. The van der Waals surface area contributed by atoms with Crippen LogP contribution in [0.25, 0.3) is 0 Å². The van der Waals surface area contributed by atoms with Gasteiger partial charge in [-0.25, -0.2) is 10.1 Å². The first-order valence-corrected chi connectivity index (χ1v) is 2.88. The molecule has 0 radical (unpaired) electrons. The van der Waals surface area contributed by atoms with E-state index in [9.17, 15) is 0 Å². The van der Waals surface area contributed by atoms with E-state index in [0.717, 1.165) is 0 Å². The van der Waals surface area contributed by atoms with E-state index in [4.69, 9.17) is 33.2 Å². The van der Waals surface area contributed by atoms with Crippen LogP contribution in [0.5, 0.6) is 0 Å². The molecular formula is CH8NNaO8S. The van der Waals surface area contributed by atoms with Crippen LogP contribution >= 0.6 is 0 Å². The minimum Gasteiger partial charge on any atom is -1.00 e. The molecule has 9 nitrogen and oxygen atoms in total. The van der Waals surface area contributed by atoms with Crippen molar-refractivity contribution in [2.75, 3.05) is 0 Å². The van der Waals surface area contributed by atoms with Crippen molar-refractivity contribution in [1.82, 2.24) is 6.15 Å². The molecule has 0 atom stereocenters. The summed E-state index contributed by atoms with van der Waals surface area (Å²) in [6.07, 6.45) is -1.83. The number of carbonyl (C=O) groups is 1. The predicted octanol–water partition coefficient (Wildman–Crippen LogP) is -3.22. The number of hydrogen-bond acceptors (Lipinski definition) is 6. The molecule has 0 saturated carbocycles. The van der Waals surface area contributed by atoms with Crippen LogP contribution in [-0.2, 0) is 14.7 Å². The SMILES string of the molecule is N.O=C(O)O.O=S(=O)(O)OO.[H-].[Na+]. The van der Waals surface area contributed by atoms with Crippen molar-refractivity contribution in [2.24, 2.45) is 0 Å². The van der Waals surface area contributed by atoms with Crippen molar-refractivity contribution in [2.45, 2.75) is 0 Å². The summed E-state index contributed by atoms with van der Waals surface area (Å²) in [4.78, 5) is 8.56. The molecule has 0 aliphatic heterocycles. The van der Waals surface area contributed by atoms with Gasteiger partial charge in [-0.3, -0.25) is 4.55 Å². The van der Waals surface area contributed by atoms with E-state index >= 15 is 0 Å². The monoisotopic (exact) mass is 217 g/mol. The van der Waals surface area contributed by atoms with Gasteiger partial charge in [0.1, 0.15) is 0 Å². The van der Waals surface area contributed by atoms with Crippen molar-refractivity contribution >= 4 is 16.6 Å². The second kappa shape index (κ2) is 11.1. The van der Waals surface area contributed by atoms with Crippen molar-refractivity contribution in [1.29, 1.82) is 0 Å². The van der Waals surface area contributed by atoms with E-state index in [2.05, 4.69) is 4.33 Å². The second-order valence-corrected chi connectivity index (χ2v) is 1.79. The van der Waals surface area contributed by atoms with Crippen LogP contribution in [0.3, 0.4) is 0 Å². The van der Waals surface area contributed by atoms with Gasteiger partial charge in [-0.05, 0) is 0 Å². The molecule has 0 spiro atoms. The first-order chi connectivity index (χ1) is 4.29. The Labute approximate surface area is 91.2 Å². The number of carboxylic acid groups (broad SMARTS) is 2. The largest absolute Gasteiger partial charge is 1.00 e. The quantitative estimate of drug-likeness (QED) is 0.131. The van der Waals surface area contributed by atoms with Crippen LogP contribution in [0.2, 0.25) is 0 Å². The van der Waals surface area contributed by atoms with Crippen molar-refractivity contribution < 1.29 is 68.6 Å². The summed E-state index contributed by atoms with van der Waals surface area (Å²) in [6.45, 7) is 0. The van der Waals surface area contributed by atoms with Gasteiger partial charge in [-0.2, -0.15) is 8.42 Å². The van der Waals surface area contributed by atoms with Crippen LogP contribution in [0, 0.1) is 0 Å². The average Bonchev–Trinajstić information content (AvgIpc) is 1.63. The van der Waals surface area contributed by atoms with Gasteiger partial charge < -0.3 is 17.8 Å². The van der Waals surface area contributed by atoms with E-state index < -0.39 is 16.6 Å². The molecule has 0 aromatic heterocycles. The Morgan fingerprint density at radius 3 is 1.42 bits per heavy atom. The maximum Gasteiger partial charge on any atom is 1.00 e. The van der Waals surface area contributed by atoms with Gasteiger partial charge in [0.2, 0.25) is 0 Å². The summed E-state index contributed by atoms with van der Waals surface area (Å²) in [7, 11) is -4.61. The Balaban J connectivity index is -0.0000000279. The minimum atomic E-state index is -4.61. The van der Waals surface area contributed by atoms with Gasteiger partial charge in [-0.1, -0.05) is 4.33 Å². The fourth-order valence-corrected chi connectivity index (χ4v) is 0. The number of hydrogen-bond donors (Lipinski definition) is 5. The molecule has 0 aliphatic rings. The zero-order valence-electron chi connectivity index (χ0n) is 7.04. The van der Waals surface area contributed by atoms with E-state index in [1.165, 1.54) is 0 Å². The van der Waals surface area contributed by atoms with E-state index in [1.807, 2.05) is 0 Å². The zero-order valence-corrected chi connectivity index (χ0v) is 8.85. The summed E-state index contributed by atoms with van der Waals surface area (Å²) in [5.74, 6) is 0. The number of rotatable bonds is 1. The zero-order chi connectivity index (χ0) is 8.78. The average molecular weight is 217 g/mol. The molecule has 0 amide bonds. The summed E-state index contributed by atoms with van der Waals surface area (Å²) in [6, 6.07) is 0. The Bertz CT molecular complexity index is 186. The minimum absolute atomic E-state index is 0. The Kier molecular flexibility index (Phi) is 20.9. The molecule has 0 bridgehead atoms.